The Labute approximate surface area is 165 Å². The van der Waals surface area contributed by atoms with E-state index < -0.39 is 0 Å². The molecule has 0 atom stereocenters. The third-order valence-corrected chi connectivity index (χ3v) is 4.36. The third-order valence-electron chi connectivity index (χ3n) is 4.36. The van der Waals surface area contributed by atoms with Crippen LogP contribution in [0, 0.1) is 6.92 Å². The van der Waals surface area contributed by atoms with Crippen LogP contribution in [-0.2, 0) is 13.0 Å². The maximum atomic E-state index is 12.6. The summed E-state index contributed by atoms with van der Waals surface area (Å²) in [4.78, 5) is 21.3. The second-order valence-corrected chi connectivity index (χ2v) is 6.32. The number of hydrogen-bond donors (Lipinski definition) is 2. The van der Waals surface area contributed by atoms with Crippen LogP contribution in [0.3, 0.4) is 0 Å². The molecule has 0 spiro atoms. The van der Waals surface area contributed by atoms with Crippen LogP contribution in [0.25, 0.3) is 0 Å². The lowest BCUT2D eigenvalue weighted by atomic mass is 10.1. The lowest BCUT2D eigenvalue weighted by Gasteiger charge is -2.12. The second kappa shape index (κ2) is 8.99. The van der Waals surface area contributed by atoms with Crippen LogP contribution in [0.5, 0.6) is 5.75 Å². The molecular weight excluding hydrogens is 352 g/mol. The number of para-hydroxylation sites is 2. The Morgan fingerprint density at radius 1 is 1.04 bits per heavy atom. The van der Waals surface area contributed by atoms with Crippen molar-refractivity contribution < 1.29 is 9.53 Å². The van der Waals surface area contributed by atoms with E-state index in [0.29, 0.717) is 23.9 Å². The van der Waals surface area contributed by atoms with Gasteiger partial charge in [0.2, 0.25) is 0 Å². The molecule has 1 aromatic heterocycles. The van der Waals surface area contributed by atoms with Gasteiger partial charge in [-0.1, -0.05) is 43.3 Å². The fourth-order valence-corrected chi connectivity index (χ4v) is 2.95. The van der Waals surface area contributed by atoms with E-state index in [1.54, 1.807) is 20.1 Å². The highest BCUT2D eigenvalue weighted by molar-refractivity contribution is 5.93. The van der Waals surface area contributed by atoms with Crippen LogP contribution in [0.15, 0.2) is 54.6 Å². The summed E-state index contributed by atoms with van der Waals surface area (Å²) in [5.74, 6) is 1.60. The van der Waals surface area contributed by atoms with Crippen LogP contribution in [-0.4, -0.2) is 23.0 Å². The number of aryl methyl sites for hydroxylation is 2. The Morgan fingerprint density at radius 2 is 1.75 bits per heavy atom. The molecular formula is C22H24N4O2. The average molecular weight is 376 g/mol. The normalized spacial score (nSPS) is 10.4. The van der Waals surface area contributed by atoms with Gasteiger partial charge in [-0.2, -0.15) is 0 Å². The Balaban J connectivity index is 1.76. The standard InChI is InChI=1S/C22H24N4O2/c1-4-16-9-5-7-11-18(16)26-21-13-19(24-15(2)25-21)22(27)23-14-17-10-6-8-12-20(17)28-3/h5-13H,4,14H2,1-3H3,(H,23,27)(H,24,25,26). The number of amides is 1. The topological polar surface area (TPSA) is 76.1 Å². The zero-order valence-corrected chi connectivity index (χ0v) is 16.3. The SMILES string of the molecule is CCc1ccccc1Nc1cc(C(=O)NCc2ccccc2OC)nc(C)n1. The molecule has 1 amide bonds. The molecule has 6 nitrogen and oxygen atoms in total. The van der Waals surface area contributed by atoms with Gasteiger partial charge in [0.1, 0.15) is 23.1 Å². The van der Waals surface area contributed by atoms with Gasteiger partial charge in [0, 0.05) is 23.9 Å². The Bertz CT molecular complexity index is 972. The molecule has 0 aliphatic carbocycles. The molecule has 0 fully saturated rings. The number of rotatable bonds is 7. The van der Waals surface area contributed by atoms with Crippen LogP contribution in [0.1, 0.15) is 34.4 Å². The molecule has 3 rings (SSSR count). The first kappa shape index (κ1) is 19.4. The summed E-state index contributed by atoms with van der Waals surface area (Å²) < 4.78 is 5.32. The van der Waals surface area contributed by atoms with Gasteiger partial charge in [0.05, 0.1) is 7.11 Å². The van der Waals surface area contributed by atoms with Gasteiger partial charge in [0.25, 0.3) is 5.91 Å². The number of anilines is 2. The number of ether oxygens (including phenoxy) is 1. The molecule has 0 radical (unpaired) electrons. The van der Waals surface area contributed by atoms with E-state index in [9.17, 15) is 4.79 Å². The maximum absolute atomic E-state index is 12.6. The van der Waals surface area contributed by atoms with Gasteiger partial charge < -0.3 is 15.4 Å². The van der Waals surface area contributed by atoms with Crippen molar-refractivity contribution in [3.63, 3.8) is 0 Å². The average Bonchev–Trinajstić information content (AvgIpc) is 2.72. The molecule has 0 aliphatic rings. The number of methoxy groups -OCH3 is 1. The minimum Gasteiger partial charge on any atom is -0.496 e. The molecule has 0 unspecified atom stereocenters. The van der Waals surface area contributed by atoms with Crippen molar-refractivity contribution in [1.29, 1.82) is 0 Å². The van der Waals surface area contributed by atoms with Gasteiger partial charge >= 0.3 is 0 Å². The van der Waals surface area contributed by atoms with Gasteiger partial charge in [-0.3, -0.25) is 4.79 Å². The molecule has 0 saturated carbocycles. The van der Waals surface area contributed by atoms with Crippen molar-refractivity contribution in [3.8, 4) is 5.75 Å². The Morgan fingerprint density at radius 3 is 2.50 bits per heavy atom. The first-order valence-corrected chi connectivity index (χ1v) is 9.21. The molecule has 6 heteroatoms. The number of carbonyl (C=O) groups is 1. The van der Waals surface area contributed by atoms with Gasteiger partial charge in [0.15, 0.2) is 0 Å². The van der Waals surface area contributed by atoms with Gasteiger partial charge in [-0.15, -0.1) is 0 Å². The van der Waals surface area contributed by atoms with E-state index in [0.717, 1.165) is 23.4 Å². The fourth-order valence-electron chi connectivity index (χ4n) is 2.95. The van der Waals surface area contributed by atoms with Crippen molar-refractivity contribution in [2.45, 2.75) is 26.8 Å². The smallest absolute Gasteiger partial charge is 0.270 e. The fraction of sp³-hybridized carbons (Fsp3) is 0.227. The largest absolute Gasteiger partial charge is 0.496 e. The van der Waals surface area contributed by atoms with Crippen molar-refractivity contribution >= 4 is 17.4 Å². The summed E-state index contributed by atoms with van der Waals surface area (Å²) >= 11 is 0. The monoisotopic (exact) mass is 376 g/mol. The third kappa shape index (κ3) is 4.65. The number of nitrogens with zero attached hydrogens (tertiary/aromatic N) is 2. The molecule has 0 saturated heterocycles. The zero-order chi connectivity index (χ0) is 19.9. The summed E-state index contributed by atoms with van der Waals surface area (Å²) in [7, 11) is 1.61. The Kier molecular flexibility index (Phi) is 6.22. The number of hydrogen-bond acceptors (Lipinski definition) is 5. The van der Waals surface area contributed by atoms with Crippen LogP contribution in [0.4, 0.5) is 11.5 Å². The summed E-state index contributed by atoms with van der Waals surface area (Å²) in [6, 6.07) is 17.3. The van der Waals surface area contributed by atoms with Gasteiger partial charge in [-0.05, 0) is 31.0 Å². The molecule has 2 aromatic carbocycles. The molecule has 0 bridgehead atoms. The van der Waals surface area contributed by atoms with Crippen LogP contribution >= 0.6 is 0 Å². The summed E-state index contributed by atoms with van der Waals surface area (Å²) in [6.07, 6.45) is 0.902. The second-order valence-electron chi connectivity index (χ2n) is 6.32. The van der Waals surface area contributed by atoms with E-state index in [4.69, 9.17) is 4.74 Å². The highest BCUT2D eigenvalue weighted by Crippen LogP contribution is 2.21. The number of carbonyl (C=O) groups excluding carboxylic acids is 1. The zero-order valence-electron chi connectivity index (χ0n) is 16.3. The molecule has 1 heterocycles. The van der Waals surface area contributed by atoms with E-state index >= 15 is 0 Å². The quantitative estimate of drug-likeness (QED) is 0.651. The summed E-state index contributed by atoms with van der Waals surface area (Å²) in [6.45, 7) is 4.23. The number of benzene rings is 2. The lowest BCUT2D eigenvalue weighted by Crippen LogP contribution is -2.24. The minimum atomic E-state index is -0.261. The number of aromatic nitrogens is 2. The molecule has 144 valence electrons. The number of nitrogens with one attached hydrogen (secondary N) is 2. The van der Waals surface area contributed by atoms with Crippen molar-refractivity contribution in [3.05, 3.63) is 77.2 Å². The molecule has 2 N–H and O–H groups in total. The minimum absolute atomic E-state index is 0.261. The summed E-state index contributed by atoms with van der Waals surface area (Å²) in [5, 5.41) is 6.19. The van der Waals surface area contributed by atoms with Gasteiger partial charge in [-0.25, -0.2) is 9.97 Å². The highest BCUT2D eigenvalue weighted by Gasteiger charge is 2.12. The highest BCUT2D eigenvalue weighted by atomic mass is 16.5. The molecule has 28 heavy (non-hydrogen) atoms. The van der Waals surface area contributed by atoms with Crippen LogP contribution < -0.4 is 15.4 Å². The molecule has 0 aliphatic heterocycles. The van der Waals surface area contributed by atoms with E-state index in [-0.39, 0.29) is 5.91 Å². The molecule has 3 aromatic rings. The van der Waals surface area contributed by atoms with Crippen molar-refractivity contribution in [2.75, 3.05) is 12.4 Å². The van der Waals surface area contributed by atoms with Crippen LogP contribution in [0.2, 0.25) is 0 Å². The maximum Gasteiger partial charge on any atom is 0.270 e. The Hall–Kier alpha value is -3.41. The van der Waals surface area contributed by atoms with E-state index in [1.165, 1.54) is 5.56 Å². The first-order chi connectivity index (χ1) is 13.6. The van der Waals surface area contributed by atoms with Crippen molar-refractivity contribution in [2.24, 2.45) is 0 Å². The predicted octanol–water partition coefficient (Wildman–Crippen LogP) is 4.03. The first-order valence-electron chi connectivity index (χ1n) is 9.21. The van der Waals surface area contributed by atoms with E-state index in [2.05, 4.69) is 33.6 Å². The lowest BCUT2D eigenvalue weighted by molar-refractivity contribution is 0.0945. The summed E-state index contributed by atoms with van der Waals surface area (Å²) in [5.41, 5.74) is 3.38. The predicted molar refractivity (Wildman–Crippen MR) is 110 cm³/mol. The van der Waals surface area contributed by atoms with E-state index in [1.807, 2.05) is 42.5 Å². The van der Waals surface area contributed by atoms with Crippen molar-refractivity contribution in [1.82, 2.24) is 15.3 Å².